The highest BCUT2D eigenvalue weighted by Gasteiger charge is 2.10. The molecule has 0 unspecified atom stereocenters. The van der Waals surface area contributed by atoms with Gasteiger partial charge in [0, 0.05) is 10.0 Å². The Morgan fingerprint density at radius 2 is 0.974 bits per heavy atom. The zero-order valence-corrected chi connectivity index (χ0v) is 23.0. The second-order valence-electron chi connectivity index (χ2n) is 8.97. The van der Waals surface area contributed by atoms with E-state index in [4.69, 9.17) is 18.9 Å². The average Bonchev–Trinajstić information content (AvgIpc) is 2.99. The summed E-state index contributed by atoms with van der Waals surface area (Å²) in [6.07, 6.45) is 0. The number of rotatable bonds is 12. The molecule has 5 heteroatoms. The average molecular weight is 582 g/mol. The smallest absolute Gasteiger partial charge is 0.162 e. The van der Waals surface area contributed by atoms with E-state index in [9.17, 15) is 0 Å². The number of hydrogen-bond acceptors (Lipinski definition) is 4. The van der Waals surface area contributed by atoms with Gasteiger partial charge in [-0.25, -0.2) is 0 Å². The molecule has 0 heterocycles. The number of benzene rings is 5. The van der Waals surface area contributed by atoms with Crippen molar-refractivity contribution in [2.45, 2.75) is 26.4 Å². The Bertz CT molecular complexity index is 1450. The molecule has 0 spiro atoms. The van der Waals surface area contributed by atoms with E-state index in [2.05, 4.69) is 15.9 Å². The number of ether oxygens (including phenoxy) is 4. The van der Waals surface area contributed by atoms with Crippen LogP contribution < -0.4 is 18.9 Å². The largest absolute Gasteiger partial charge is 0.489 e. The Balaban J connectivity index is 1.27. The second-order valence-corrected chi connectivity index (χ2v) is 9.88. The minimum absolute atomic E-state index is 0.385. The van der Waals surface area contributed by atoms with Gasteiger partial charge < -0.3 is 18.9 Å². The number of hydrogen-bond donors (Lipinski definition) is 0. The summed E-state index contributed by atoms with van der Waals surface area (Å²) in [5.41, 5.74) is 4.14. The third-order valence-corrected chi connectivity index (χ3v) is 6.59. The molecule has 0 fully saturated rings. The molecule has 0 aliphatic carbocycles. The molecule has 39 heavy (non-hydrogen) atoms. The van der Waals surface area contributed by atoms with Gasteiger partial charge in [-0.3, -0.25) is 0 Å². The second kappa shape index (κ2) is 13.5. The lowest BCUT2D eigenvalue weighted by Gasteiger charge is -2.16. The van der Waals surface area contributed by atoms with Gasteiger partial charge in [0.05, 0.1) is 0 Å². The maximum Gasteiger partial charge on any atom is 0.162 e. The molecule has 5 aromatic carbocycles. The molecule has 0 bridgehead atoms. The van der Waals surface area contributed by atoms with Crippen LogP contribution >= 0.6 is 15.9 Å². The highest BCUT2D eigenvalue weighted by molar-refractivity contribution is 9.10. The van der Waals surface area contributed by atoms with E-state index in [0.717, 1.165) is 38.2 Å². The number of para-hydroxylation sites is 1. The lowest BCUT2D eigenvalue weighted by molar-refractivity contribution is 0.253. The van der Waals surface area contributed by atoms with Gasteiger partial charge in [-0.1, -0.05) is 101 Å². The van der Waals surface area contributed by atoms with Crippen LogP contribution in [0.5, 0.6) is 23.0 Å². The third kappa shape index (κ3) is 7.88. The number of halogens is 1. The maximum absolute atomic E-state index is 6.23. The van der Waals surface area contributed by atoms with E-state index in [1.165, 1.54) is 0 Å². The van der Waals surface area contributed by atoms with Crippen LogP contribution in [0.2, 0.25) is 0 Å². The zero-order chi connectivity index (χ0) is 26.7. The van der Waals surface area contributed by atoms with Crippen LogP contribution in [0.25, 0.3) is 0 Å². The Morgan fingerprint density at radius 1 is 0.410 bits per heavy atom. The summed E-state index contributed by atoms with van der Waals surface area (Å²) in [5.74, 6) is 2.97. The highest BCUT2D eigenvalue weighted by atomic mass is 79.9. The van der Waals surface area contributed by atoms with Crippen molar-refractivity contribution >= 4 is 15.9 Å². The van der Waals surface area contributed by atoms with Crippen LogP contribution in [-0.4, -0.2) is 0 Å². The molecule has 0 aromatic heterocycles. The fourth-order valence-electron chi connectivity index (χ4n) is 3.96. The molecular formula is C34H29BrO4. The van der Waals surface area contributed by atoms with E-state index in [0.29, 0.717) is 37.9 Å². The van der Waals surface area contributed by atoms with Crippen LogP contribution in [0, 0.1) is 0 Å². The van der Waals surface area contributed by atoms with Crippen molar-refractivity contribution in [2.75, 3.05) is 0 Å². The molecule has 196 valence electrons. The van der Waals surface area contributed by atoms with Crippen molar-refractivity contribution in [3.63, 3.8) is 0 Å². The van der Waals surface area contributed by atoms with Gasteiger partial charge in [0.15, 0.2) is 11.5 Å². The van der Waals surface area contributed by atoms with E-state index in [1.807, 2.05) is 127 Å². The van der Waals surface area contributed by atoms with Crippen molar-refractivity contribution < 1.29 is 18.9 Å². The molecule has 0 radical (unpaired) electrons. The van der Waals surface area contributed by atoms with Crippen LogP contribution in [0.1, 0.15) is 22.3 Å². The molecular weight excluding hydrogens is 552 g/mol. The summed E-state index contributed by atoms with van der Waals surface area (Å²) in [7, 11) is 0. The molecule has 5 aromatic rings. The third-order valence-electron chi connectivity index (χ3n) is 6.06. The Hall–Kier alpha value is -4.22. The van der Waals surface area contributed by atoms with Gasteiger partial charge in [-0.2, -0.15) is 0 Å². The first-order chi connectivity index (χ1) is 19.2. The van der Waals surface area contributed by atoms with Gasteiger partial charge in [-0.15, -0.1) is 0 Å². The first-order valence-electron chi connectivity index (χ1n) is 12.8. The first-order valence-corrected chi connectivity index (χ1v) is 13.6. The van der Waals surface area contributed by atoms with Crippen molar-refractivity contribution in [1.82, 2.24) is 0 Å². The Labute approximate surface area is 237 Å². The van der Waals surface area contributed by atoms with Gasteiger partial charge in [0.25, 0.3) is 0 Å². The summed E-state index contributed by atoms with van der Waals surface area (Å²) in [6, 6.07) is 41.9. The van der Waals surface area contributed by atoms with Crippen LogP contribution in [0.15, 0.2) is 132 Å². The molecule has 4 nitrogen and oxygen atoms in total. The predicted octanol–water partition coefficient (Wildman–Crippen LogP) is 8.77. The monoisotopic (exact) mass is 580 g/mol. The predicted molar refractivity (Wildman–Crippen MR) is 157 cm³/mol. The highest BCUT2D eigenvalue weighted by Crippen LogP contribution is 2.31. The Kier molecular flexibility index (Phi) is 9.16. The van der Waals surface area contributed by atoms with E-state index in [1.54, 1.807) is 0 Å². The summed E-state index contributed by atoms with van der Waals surface area (Å²) in [5, 5.41) is 0. The molecule has 0 atom stereocenters. The molecule has 0 saturated carbocycles. The SMILES string of the molecule is Brc1ccc(OCc2ccccc2OCc2ccc(OCc3ccccc3)c(OCc3ccccc3)c2)cc1. The standard InChI is InChI=1S/C34H29BrO4/c35-30-16-18-31(19-17-30)36-25-29-13-7-8-14-32(29)37-24-28-15-20-33(38-22-26-9-3-1-4-10-26)34(21-28)39-23-27-11-5-2-6-12-27/h1-21H,22-25H2. The molecule has 0 amide bonds. The summed E-state index contributed by atoms with van der Waals surface area (Å²) < 4.78 is 25.6. The first kappa shape index (κ1) is 26.4. The summed E-state index contributed by atoms with van der Waals surface area (Å²) >= 11 is 3.45. The topological polar surface area (TPSA) is 36.9 Å². The molecule has 0 aliphatic heterocycles. The van der Waals surface area contributed by atoms with E-state index in [-0.39, 0.29) is 0 Å². The van der Waals surface area contributed by atoms with Crippen LogP contribution in [0.4, 0.5) is 0 Å². The van der Waals surface area contributed by atoms with Crippen molar-refractivity contribution in [3.8, 4) is 23.0 Å². The van der Waals surface area contributed by atoms with Gasteiger partial charge in [0.1, 0.15) is 37.9 Å². The van der Waals surface area contributed by atoms with Crippen LogP contribution in [0.3, 0.4) is 0 Å². The lowest BCUT2D eigenvalue weighted by atomic mass is 10.2. The Morgan fingerprint density at radius 3 is 1.67 bits per heavy atom. The molecule has 0 aliphatic rings. The zero-order valence-electron chi connectivity index (χ0n) is 21.5. The van der Waals surface area contributed by atoms with Gasteiger partial charge >= 0.3 is 0 Å². The molecule has 0 saturated heterocycles. The fraction of sp³-hybridized carbons (Fsp3) is 0.118. The van der Waals surface area contributed by atoms with Gasteiger partial charge in [-0.05, 0) is 59.2 Å². The van der Waals surface area contributed by atoms with Crippen LogP contribution in [-0.2, 0) is 26.4 Å². The minimum atomic E-state index is 0.385. The van der Waals surface area contributed by atoms with E-state index >= 15 is 0 Å². The van der Waals surface area contributed by atoms with Crippen molar-refractivity contribution in [1.29, 1.82) is 0 Å². The molecule has 5 rings (SSSR count). The summed E-state index contributed by atoms with van der Waals surface area (Å²) in [6.45, 7) is 1.71. The van der Waals surface area contributed by atoms with Gasteiger partial charge in [0.2, 0.25) is 0 Å². The molecule has 0 N–H and O–H groups in total. The van der Waals surface area contributed by atoms with Crippen molar-refractivity contribution in [2.24, 2.45) is 0 Å². The maximum atomic E-state index is 6.23. The normalized spacial score (nSPS) is 10.6. The van der Waals surface area contributed by atoms with E-state index < -0.39 is 0 Å². The quantitative estimate of drug-likeness (QED) is 0.148. The fourth-order valence-corrected chi connectivity index (χ4v) is 4.23. The minimum Gasteiger partial charge on any atom is -0.489 e. The lowest BCUT2D eigenvalue weighted by Crippen LogP contribution is -2.04. The van der Waals surface area contributed by atoms with Crippen molar-refractivity contribution in [3.05, 3.63) is 154 Å². The summed E-state index contributed by atoms with van der Waals surface area (Å²) in [4.78, 5) is 0.